The molecular formula is C19H17N3O4S2. The zero-order valence-corrected chi connectivity index (χ0v) is 16.6. The molecule has 7 nitrogen and oxygen atoms in total. The number of nitrogens with zero attached hydrogens (tertiary/aromatic N) is 2. The highest BCUT2D eigenvalue weighted by Crippen LogP contribution is 2.17. The van der Waals surface area contributed by atoms with E-state index in [-0.39, 0.29) is 18.4 Å². The average molecular weight is 415 g/mol. The van der Waals surface area contributed by atoms with E-state index in [2.05, 4.69) is 15.5 Å². The number of hydrogen-bond acceptors (Lipinski definition) is 9. The Morgan fingerprint density at radius 2 is 2.04 bits per heavy atom. The first-order valence-electron chi connectivity index (χ1n) is 8.39. The van der Waals surface area contributed by atoms with Crippen LogP contribution in [0, 0.1) is 0 Å². The Bertz CT molecular complexity index is 950. The normalized spacial score (nSPS) is 10.8. The summed E-state index contributed by atoms with van der Waals surface area (Å²) in [6.07, 6.45) is 1.76. The highest BCUT2D eigenvalue weighted by Gasteiger charge is 2.09. The number of nitrogens with one attached hydrogen (secondary N) is 1. The van der Waals surface area contributed by atoms with E-state index in [4.69, 9.17) is 9.47 Å². The summed E-state index contributed by atoms with van der Waals surface area (Å²) in [6.45, 7) is 2.12. The van der Waals surface area contributed by atoms with Crippen LogP contribution in [0.1, 0.15) is 27.9 Å². The molecule has 0 unspecified atom stereocenters. The van der Waals surface area contributed by atoms with Crippen LogP contribution in [-0.2, 0) is 16.0 Å². The van der Waals surface area contributed by atoms with Gasteiger partial charge >= 0.3 is 11.9 Å². The fraction of sp³-hybridized carbons (Fsp3) is 0.158. The highest BCUT2D eigenvalue weighted by molar-refractivity contribution is 7.13. The van der Waals surface area contributed by atoms with Crippen molar-refractivity contribution < 1.29 is 19.1 Å². The zero-order valence-electron chi connectivity index (χ0n) is 15.0. The quantitative estimate of drug-likeness (QED) is 0.259. The van der Waals surface area contributed by atoms with Gasteiger partial charge in [0, 0.05) is 5.38 Å². The zero-order chi connectivity index (χ0) is 19.8. The predicted octanol–water partition coefficient (Wildman–Crippen LogP) is 3.98. The van der Waals surface area contributed by atoms with Crippen molar-refractivity contribution in [1.82, 2.24) is 4.98 Å². The molecule has 1 aromatic carbocycles. The van der Waals surface area contributed by atoms with Gasteiger partial charge in [-0.05, 0) is 48.2 Å². The molecule has 0 spiro atoms. The molecule has 0 aliphatic rings. The molecule has 0 atom stereocenters. The maximum Gasteiger partial charge on any atom is 0.353 e. The molecule has 0 aliphatic heterocycles. The molecule has 3 rings (SSSR count). The van der Waals surface area contributed by atoms with Crippen LogP contribution in [-0.4, -0.2) is 29.7 Å². The Labute approximate surface area is 169 Å². The van der Waals surface area contributed by atoms with Crippen molar-refractivity contribution in [2.24, 2.45) is 5.10 Å². The Balaban J connectivity index is 1.50. The molecule has 0 amide bonds. The number of thiazole rings is 1. The molecule has 0 saturated heterocycles. The first-order chi connectivity index (χ1) is 13.6. The number of carbonyl (C=O) groups is 2. The lowest BCUT2D eigenvalue weighted by Gasteiger charge is -2.02. The number of hydrogen-bond donors (Lipinski definition) is 1. The van der Waals surface area contributed by atoms with Gasteiger partial charge in [-0.15, -0.1) is 22.7 Å². The minimum absolute atomic E-state index is 0.140. The van der Waals surface area contributed by atoms with Crippen molar-refractivity contribution >= 4 is 46.0 Å². The van der Waals surface area contributed by atoms with Gasteiger partial charge in [-0.2, -0.15) is 5.10 Å². The van der Waals surface area contributed by atoms with Crippen LogP contribution in [0.25, 0.3) is 0 Å². The number of rotatable bonds is 8. The fourth-order valence-electron chi connectivity index (χ4n) is 2.14. The monoisotopic (exact) mass is 415 g/mol. The smallest absolute Gasteiger partial charge is 0.353 e. The van der Waals surface area contributed by atoms with Gasteiger partial charge in [-0.25, -0.2) is 9.78 Å². The summed E-state index contributed by atoms with van der Waals surface area (Å²) >= 11 is 2.69. The van der Waals surface area contributed by atoms with E-state index in [1.165, 1.54) is 22.7 Å². The maximum atomic E-state index is 11.9. The summed E-state index contributed by atoms with van der Waals surface area (Å²) in [5, 5.41) is 8.31. The third-order valence-electron chi connectivity index (χ3n) is 3.37. The van der Waals surface area contributed by atoms with Crippen LogP contribution < -0.4 is 10.2 Å². The second kappa shape index (κ2) is 9.77. The Morgan fingerprint density at radius 1 is 1.21 bits per heavy atom. The Hall–Kier alpha value is -3.04. The fourth-order valence-corrected chi connectivity index (χ4v) is 3.39. The van der Waals surface area contributed by atoms with E-state index in [0.717, 1.165) is 5.56 Å². The Kier molecular flexibility index (Phi) is 6.88. The number of esters is 2. The highest BCUT2D eigenvalue weighted by atomic mass is 32.1. The van der Waals surface area contributed by atoms with Gasteiger partial charge in [0.15, 0.2) is 0 Å². The molecule has 9 heteroatoms. The number of carbonyl (C=O) groups excluding carboxylic acids is 2. The van der Waals surface area contributed by atoms with Crippen LogP contribution in [0.15, 0.2) is 52.3 Å². The van der Waals surface area contributed by atoms with E-state index in [0.29, 0.717) is 28.1 Å². The molecule has 1 N–H and O–H groups in total. The second-order valence-corrected chi connectivity index (χ2v) is 7.24. The molecule has 144 valence electrons. The summed E-state index contributed by atoms with van der Waals surface area (Å²) in [7, 11) is 0. The molecule has 0 fully saturated rings. The van der Waals surface area contributed by atoms with Crippen LogP contribution >= 0.6 is 22.7 Å². The van der Waals surface area contributed by atoms with Gasteiger partial charge in [0.05, 0.1) is 24.9 Å². The number of anilines is 1. The van der Waals surface area contributed by atoms with Gasteiger partial charge in [0.2, 0.25) is 5.13 Å². The number of hydrazone groups is 1. The van der Waals surface area contributed by atoms with E-state index in [1.54, 1.807) is 54.9 Å². The van der Waals surface area contributed by atoms with Crippen LogP contribution in [0.2, 0.25) is 0 Å². The first-order valence-corrected chi connectivity index (χ1v) is 10.1. The van der Waals surface area contributed by atoms with Crippen LogP contribution in [0.3, 0.4) is 0 Å². The number of ether oxygens (including phenoxy) is 2. The molecule has 0 saturated carbocycles. The van der Waals surface area contributed by atoms with Crippen molar-refractivity contribution in [2.75, 3.05) is 12.0 Å². The minimum Gasteiger partial charge on any atom is -0.466 e. The molecule has 2 aromatic heterocycles. The predicted molar refractivity (Wildman–Crippen MR) is 109 cm³/mol. The summed E-state index contributed by atoms with van der Waals surface area (Å²) in [5.41, 5.74) is 4.29. The molecule has 0 aliphatic carbocycles. The molecule has 3 aromatic rings. The Morgan fingerprint density at radius 3 is 2.75 bits per heavy atom. The van der Waals surface area contributed by atoms with Crippen LogP contribution in [0.5, 0.6) is 5.75 Å². The summed E-state index contributed by atoms with van der Waals surface area (Å²) in [4.78, 5) is 28.2. The van der Waals surface area contributed by atoms with Crippen molar-refractivity contribution in [3.05, 3.63) is 63.3 Å². The third-order valence-corrected chi connectivity index (χ3v) is 5.02. The number of thiophene rings is 1. The second-order valence-electron chi connectivity index (χ2n) is 5.43. The van der Waals surface area contributed by atoms with Crippen molar-refractivity contribution in [2.45, 2.75) is 13.3 Å². The molecule has 0 radical (unpaired) electrons. The van der Waals surface area contributed by atoms with Gasteiger partial charge in [-0.3, -0.25) is 10.2 Å². The summed E-state index contributed by atoms with van der Waals surface area (Å²) in [5.74, 6) is -0.213. The summed E-state index contributed by atoms with van der Waals surface area (Å²) < 4.78 is 10.2. The molecule has 0 bridgehead atoms. The topological polar surface area (TPSA) is 89.9 Å². The standard InChI is InChI=1S/C19H17N3O4S2/c1-2-25-17(23)10-14-12-28-19(21-14)22-20-11-13-5-7-15(8-6-13)26-18(24)16-4-3-9-27-16/h3-9,11-12H,2,10H2,1H3,(H,21,22). The average Bonchev–Trinajstić information content (AvgIpc) is 3.36. The lowest BCUT2D eigenvalue weighted by molar-refractivity contribution is -0.142. The van der Waals surface area contributed by atoms with E-state index >= 15 is 0 Å². The van der Waals surface area contributed by atoms with E-state index in [9.17, 15) is 9.59 Å². The van der Waals surface area contributed by atoms with Crippen molar-refractivity contribution in [3.8, 4) is 5.75 Å². The van der Waals surface area contributed by atoms with Crippen molar-refractivity contribution in [3.63, 3.8) is 0 Å². The number of aromatic nitrogens is 1. The lowest BCUT2D eigenvalue weighted by atomic mass is 10.2. The molecule has 2 heterocycles. The maximum absolute atomic E-state index is 11.9. The lowest BCUT2D eigenvalue weighted by Crippen LogP contribution is -2.07. The third kappa shape index (κ3) is 5.73. The minimum atomic E-state index is -0.375. The molecule has 28 heavy (non-hydrogen) atoms. The number of benzene rings is 1. The van der Waals surface area contributed by atoms with Crippen LogP contribution in [0.4, 0.5) is 5.13 Å². The van der Waals surface area contributed by atoms with Crippen molar-refractivity contribution in [1.29, 1.82) is 0 Å². The summed E-state index contributed by atoms with van der Waals surface area (Å²) in [6, 6.07) is 10.5. The van der Waals surface area contributed by atoms with Gasteiger partial charge in [-0.1, -0.05) is 6.07 Å². The van der Waals surface area contributed by atoms with E-state index < -0.39 is 0 Å². The first kappa shape index (κ1) is 19.7. The van der Waals surface area contributed by atoms with Gasteiger partial charge < -0.3 is 9.47 Å². The van der Waals surface area contributed by atoms with E-state index in [1.807, 2.05) is 5.38 Å². The largest absolute Gasteiger partial charge is 0.466 e. The molecular weight excluding hydrogens is 398 g/mol. The SMILES string of the molecule is CCOC(=O)Cc1csc(NN=Cc2ccc(OC(=O)c3cccs3)cc2)n1. The van der Waals surface area contributed by atoms with Gasteiger partial charge in [0.1, 0.15) is 10.6 Å². The van der Waals surface area contributed by atoms with Gasteiger partial charge in [0.25, 0.3) is 0 Å².